The van der Waals surface area contributed by atoms with Crippen LogP contribution < -0.4 is 19.5 Å². The normalized spacial score (nSPS) is 10.5. The molecule has 3 rings (SSSR count). The number of methoxy groups -OCH3 is 2. The maximum Gasteiger partial charge on any atom is 0.264 e. The van der Waals surface area contributed by atoms with Gasteiger partial charge in [-0.05, 0) is 55.3 Å². The van der Waals surface area contributed by atoms with Crippen LogP contribution in [0.3, 0.4) is 0 Å². The lowest BCUT2D eigenvalue weighted by Gasteiger charge is -2.12. The van der Waals surface area contributed by atoms with Gasteiger partial charge in [-0.25, -0.2) is 4.98 Å². The van der Waals surface area contributed by atoms with Gasteiger partial charge in [0.1, 0.15) is 5.75 Å². The Kier molecular flexibility index (Phi) is 6.76. The molecule has 2 aromatic carbocycles. The van der Waals surface area contributed by atoms with E-state index in [2.05, 4.69) is 26.2 Å². The maximum atomic E-state index is 12.3. The van der Waals surface area contributed by atoms with Gasteiger partial charge in [0.25, 0.3) is 5.91 Å². The van der Waals surface area contributed by atoms with Crippen LogP contribution in [-0.2, 0) is 4.79 Å². The molecule has 0 spiro atoms. The number of carbonyl (C=O) groups excluding carboxylic acids is 1. The number of nitrogens with zero attached hydrogens (tertiary/aromatic N) is 1. The summed E-state index contributed by atoms with van der Waals surface area (Å²) in [5.74, 6) is 1.72. The minimum Gasteiger partial charge on any atom is -0.493 e. The Hall–Kier alpha value is -2.58. The SMILES string of the molecule is COc1ccc(-c2csc(NC(=O)COc3c(C)cc(Br)cc3C)n2)cc1OC. The molecular weight excluding hydrogens is 456 g/mol. The van der Waals surface area contributed by atoms with E-state index in [0.29, 0.717) is 22.4 Å². The summed E-state index contributed by atoms with van der Waals surface area (Å²) in [4.78, 5) is 16.8. The number of ether oxygens (including phenoxy) is 3. The fourth-order valence-corrected chi connectivity index (χ4v) is 4.30. The first-order valence-electron chi connectivity index (χ1n) is 8.78. The first-order valence-corrected chi connectivity index (χ1v) is 10.5. The number of hydrogen-bond donors (Lipinski definition) is 1. The van der Waals surface area contributed by atoms with Crippen molar-refractivity contribution in [1.82, 2.24) is 4.98 Å². The third-order valence-corrected chi connectivity index (χ3v) is 5.42. The maximum absolute atomic E-state index is 12.3. The molecule has 8 heteroatoms. The summed E-state index contributed by atoms with van der Waals surface area (Å²) in [6.45, 7) is 3.80. The molecule has 0 atom stereocenters. The monoisotopic (exact) mass is 476 g/mol. The Labute approximate surface area is 182 Å². The predicted molar refractivity (Wildman–Crippen MR) is 118 cm³/mol. The van der Waals surface area contributed by atoms with Gasteiger partial charge in [0, 0.05) is 15.4 Å². The molecule has 0 fully saturated rings. The predicted octanol–water partition coefficient (Wildman–Crippen LogP) is 5.22. The lowest BCUT2D eigenvalue weighted by atomic mass is 10.1. The molecule has 152 valence electrons. The topological polar surface area (TPSA) is 69.7 Å². The van der Waals surface area contributed by atoms with E-state index < -0.39 is 0 Å². The summed E-state index contributed by atoms with van der Waals surface area (Å²) in [7, 11) is 3.18. The van der Waals surface area contributed by atoms with E-state index in [1.165, 1.54) is 11.3 Å². The molecule has 1 N–H and O–H groups in total. The van der Waals surface area contributed by atoms with E-state index in [0.717, 1.165) is 26.9 Å². The molecule has 6 nitrogen and oxygen atoms in total. The average molecular weight is 477 g/mol. The molecule has 1 heterocycles. The standard InChI is InChI=1S/C21H21BrN2O4S/c1-12-7-15(22)8-13(2)20(12)28-10-19(25)24-21-23-16(11-29-21)14-5-6-17(26-3)18(9-14)27-4/h5-9,11H,10H2,1-4H3,(H,23,24,25). The second-order valence-corrected chi connectivity index (χ2v) is 8.09. The molecule has 0 saturated carbocycles. The van der Waals surface area contributed by atoms with Crippen LogP contribution in [0.25, 0.3) is 11.3 Å². The minimum absolute atomic E-state index is 0.0887. The number of halogens is 1. The highest BCUT2D eigenvalue weighted by Gasteiger charge is 2.13. The van der Waals surface area contributed by atoms with Gasteiger partial charge in [0.15, 0.2) is 23.2 Å². The number of carbonyl (C=O) groups is 1. The van der Waals surface area contributed by atoms with Crippen molar-refractivity contribution >= 4 is 38.3 Å². The lowest BCUT2D eigenvalue weighted by molar-refractivity contribution is -0.118. The van der Waals surface area contributed by atoms with Gasteiger partial charge in [-0.2, -0.15) is 0 Å². The first kappa shape index (κ1) is 21.1. The van der Waals surface area contributed by atoms with Crippen molar-refractivity contribution in [3.05, 3.63) is 51.3 Å². The number of aryl methyl sites for hydroxylation is 2. The number of hydrogen-bond acceptors (Lipinski definition) is 6. The van der Waals surface area contributed by atoms with Crippen LogP contribution in [-0.4, -0.2) is 31.7 Å². The molecule has 1 amide bonds. The second-order valence-electron chi connectivity index (χ2n) is 6.31. The second kappa shape index (κ2) is 9.28. The molecule has 0 aliphatic carbocycles. The molecule has 0 radical (unpaired) electrons. The summed E-state index contributed by atoms with van der Waals surface area (Å²) in [5.41, 5.74) is 3.55. The number of benzene rings is 2. The van der Waals surface area contributed by atoms with Crippen molar-refractivity contribution in [2.45, 2.75) is 13.8 Å². The first-order chi connectivity index (χ1) is 13.9. The number of anilines is 1. The average Bonchev–Trinajstić information content (AvgIpc) is 3.14. The van der Waals surface area contributed by atoms with Crippen LogP contribution in [0.4, 0.5) is 5.13 Å². The van der Waals surface area contributed by atoms with Crippen LogP contribution in [0.5, 0.6) is 17.2 Å². The molecule has 0 aliphatic heterocycles. The van der Waals surface area contributed by atoms with Gasteiger partial charge >= 0.3 is 0 Å². The molecule has 0 aliphatic rings. The van der Waals surface area contributed by atoms with Gasteiger partial charge < -0.3 is 14.2 Å². The fourth-order valence-electron chi connectivity index (χ4n) is 2.88. The number of rotatable bonds is 7. The van der Waals surface area contributed by atoms with Gasteiger partial charge in [-0.15, -0.1) is 11.3 Å². The van der Waals surface area contributed by atoms with Crippen molar-refractivity contribution in [2.75, 3.05) is 26.1 Å². The van der Waals surface area contributed by atoms with Gasteiger partial charge in [0.05, 0.1) is 19.9 Å². The Balaban J connectivity index is 1.65. The lowest BCUT2D eigenvalue weighted by Crippen LogP contribution is -2.20. The minimum atomic E-state index is -0.264. The third kappa shape index (κ3) is 5.07. The fraction of sp³-hybridized carbons (Fsp3) is 0.238. The van der Waals surface area contributed by atoms with Crippen molar-refractivity contribution in [3.63, 3.8) is 0 Å². The van der Waals surface area contributed by atoms with Crippen molar-refractivity contribution in [2.24, 2.45) is 0 Å². The number of amides is 1. The van der Waals surface area contributed by atoms with E-state index in [-0.39, 0.29) is 12.5 Å². The third-order valence-electron chi connectivity index (χ3n) is 4.20. The van der Waals surface area contributed by atoms with Gasteiger partial charge in [-0.3, -0.25) is 10.1 Å². The smallest absolute Gasteiger partial charge is 0.264 e. The van der Waals surface area contributed by atoms with E-state index in [1.807, 2.05) is 49.6 Å². The molecule has 29 heavy (non-hydrogen) atoms. The number of thiazole rings is 1. The highest BCUT2D eigenvalue weighted by Crippen LogP contribution is 2.33. The van der Waals surface area contributed by atoms with Crippen molar-refractivity contribution in [1.29, 1.82) is 0 Å². The zero-order valence-electron chi connectivity index (χ0n) is 16.5. The quantitative estimate of drug-likeness (QED) is 0.505. The Morgan fingerprint density at radius 1 is 1.10 bits per heavy atom. The van der Waals surface area contributed by atoms with Crippen LogP contribution in [0, 0.1) is 13.8 Å². The summed E-state index contributed by atoms with van der Waals surface area (Å²) in [6.07, 6.45) is 0. The van der Waals surface area contributed by atoms with Crippen molar-refractivity contribution in [3.8, 4) is 28.5 Å². The zero-order chi connectivity index (χ0) is 21.0. The molecule has 1 aromatic heterocycles. The van der Waals surface area contributed by atoms with Gasteiger partial charge in [0.2, 0.25) is 0 Å². The number of aromatic nitrogens is 1. The van der Waals surface area contributed by atoms with E-state index in [1.54, 1.807) is 14.2 Å². The van der Waals surface area contributed by atoms with E-state index in [9.17, 15) is 4.79 Å². The largest absolute Gasteiger partial charge is 0.493 e. The summed E-state index contributed by atoms with van der Waals surface area (Å²) in [5, 5.41) is 5.16. The summed E-state index contributed by atoms with van der Waals surface area (Å²) in [6, 6.07) is 9.47. The van der Waals surface area contributed by atoms with Gasteiger partial charge in [-0.1, -0.05) is 15.9 Å². The van der Waals surface area contributed by atoms with E-state index >= 15 is 0 Å². The van der Waals surface area contributed by atoms with Crippen LogP contribution in [0.2, 0.25) is 0 Å². The molecule has 3 aromatic rings. The zero-order valence-corrected chi connectivity index (χ0v) is 18.9. The molecule has 0 bridgehead atoms. The molecule has 0 saturated heterocycles. The highest BCUT2D eigenvalue weighted by molar-refractivity contribution is 9.10. The van der Waals surface area contributed by atoms with Crippen LogP contribution in [0.1, 0.15) is 11.1 Å². The summed E-state index contributed by atoms with van der Waals surface area (Å²) < 4.78 is 17.3. The van der Waals surface area contributed by atoms with Crippen molar-refractivity contribution < 1.29 is 19.0 Å². The molecular formula is C21H21BrN2O4S. The summed E-state index contributed by atoms with van der Waals surface area (Å²) >= 11 is 4.80. The Bertz CT molecular complexity index is 1010. The van der Waals surface area contributed by atoms with E-state index in [4.69, 9.17) is 14.2 Å². The number of nitrogens with one attached hydrogen (secondary N) is 1. The van der Waals surface area contributed by atoms with Crippen LogP contribution >= 0.6 is 27.3 Å². The Morgan fingerprint density at radius 2 is 1.79 bits per heavy atom. The molecule has 0 unspecified atom stereocenters. The van der Waals surface area contributed by atoms with Crippen LogP contribution in [0.15, 0.2) is 40.2 Å². The highest BCUT2D eigenvalue weighted by atomic mass is 79.9. The Morgan fingerprint density at radius 3 is 2.45 bits per heavy atom.